The molecule has 0 amide bonds. The summed E-state index contributed by atoms with van der Waals surface area (Å²) >= 11 is 2.13. The molecule has 0 aliphatic rings. The molecule has 110 valence electrons. The molecule has 0 aliphatic heterocycles. The molecule has 0 aromatic heterocycles. The summed E-state index contributed by atoms with van der Waals surface area (Å²) in [6.07, 6.45) is 0. The molecular weight excluding hydrogens is 384 g/mol. The van der Waals surface area contributed by atoms with E-state index in [0.29, 0.717) is 12.3 Å². The summed E-state index contributed by atoms with van der Waals surface area (Å²) in [4.78, 5) is 21.6. The smallest absolute Gasteiger partial charge is 0.466 e. The lowest BCUT2D eigenvalue weighted by Gasteiger charge is -2.21. The van der Waals surface area contributed by atoms with Crippen molar-refractivity contribution in [3.63, 3.8) is 0 Å². The number of nitrogens with two attached hydrogens (primary N) is 1. The van der Waals surface area contributed by atoms with Gasteiger partial charge >= 0.3 is 7.82 Å². The number of benzene rings is 1. The SMILES string of the molecule is CC(C)(C)c1cc(I)c(O)c(CN)c1.O=P(O)(O)O. The van der Waals surface area contributed by atoms with Crippen LogP contribution in [0.1, 0.15) is 31.9 Å². The number of rotatable bonds is 1. The first-order valence-electron chi connectivity index (χ1n) is 5.36. The molecule has 6 nitrogen and oxygen atoms in total. The Labute approximate surface area is 126 Å². The molecule has 1 rings (SSSR count). The van der Waals surface area contributed by atoms with Crippen molar-refractivity contribution in [1.82, 2.24) is 0 Å². The lowest BCUT2D eigenvalue weighted by atomic mass is 9.86. The van der Waals surface area contributed by atoms with E-state index in [0.717, 1.165) is 9.13 Å². The summed E-state index contributed by atoms with van der Waals surface area (Å²) in [5.41, 5.74) is 7.69. The van der Waals surface area contributed by atoms with E-state index in [1.165, 1.54) is 5.56 Å². The van der Waals surface area contributed by atoms with Gasteiger partial charge in [-0.3, -0.25) is 0 Å². The monoisotopic (exact) mass is 403 g/mol. The Morgan fingerprint density at radius 1 is 1.26 bits per heavy atom. The van der Waals surface area contributed by atoms with E-state index in [-0.39, 0.29) is 5.41 Å². The first kappa shape index (κ1) is 18.8. The highest BCUT2D eigenvalue weighted by atomic mass is 127. The number of halogens is 1. The minimum absolute atomic E-state index is 0.0948. The summed E-state index contributed by atoms with van der Waals surface area (Å²) in [7, 11) is -4.64. The minimum atomic E-state index is -4.64. The molecule has 0 fully saturated rings. The predicted octanol–water partition coefficient (Wildman–Crippen LogP) is 1.82. The lowest BCUT2D eigenvalue weighted by molar-refractivity contribution is 0.275. The zero-order valence-corrected chi connectivity index (χ0v) is 14.0. The van der Waals surface area contributed by atoms with Crippen LogP contribution in [0.25, 0.3) is 0 Å². The summed E-state index contributed by atoms with van der Waals surface area (Å²) in [5.74, 6) is 0.320. The van der Waals surface area contributed by atoms with Crippen LogP contribution >= 0.6 is 30.4 Å². The average Bonchev–Trinajstić information content (AvgIpc) is 2.17. The second kappa shape index (κ2) is 7.01. The summed E-state index contributed by atoms with van der Waals surface area (Å²) in [6.45, 7) is 6.83. The fourth-order valence-electron chi connectivity index (χ4n) is 1.24. The Kier molecular flexibility index (Phi) is 6.94. The van der Waals surface area contributed by atoms with E-state index in [2.05, 4.69) is 43.4 Å². The Bertz CT molecular complexity index is 472. The zero-order valence-electron chi connectivity index (χ0n) is 11.0. The average molecular weight is 403 g/mol. The molecule has 1 aromatic carbocycles. The van der Waals surface area contributed by atoms with Gasteiger partial charge < -0.3 is 25.5 Å². The number of phenols is 1. The molecule has 0 spiro atoms. The molecule has 0 radical (unpaired) electrons. The standard InChI is InChI=1S/C11H16INO.H3O4P/c1-11(2,3)8-4-7(6-13)10(14)9(12)5-8;1-5(2,3)4/h4-5,14H,6,13H2,1-3H3;(H3,1,2,3,4). The molecule has 19 heavy (non-hydrogen) atoms. The molecule has 0 bridgehead atoms. The van der Waals surface area contributed by atoms with Crippen molar-refractivity contribution in [2.75, 3.05) is 0 Å². The number of hydrogen-bond acceptors (Lipinski definition) is 3. The summed E-state index contributed by atoms with van der Waals surface area (Å²) < 4.78 is 9.75. The highest BCUT2D eigenvalue weighted by Gasteiger charge is 2.17. The number of hydrogen-bond donors (Lipinski definition) is 5. The van der Waals surface area contributed by atoms with Gasteiger partial charge in [-0.05, 0) is 39.6 Å². The van der Waals surface area contributed by atoms with Crippen LogP contribution in [0.3, 0.4) is 0 Å². The van der Waals surface area contributed by atoms with Crippen LogP contribution < -0.4 is 5.73 Å². The van der Waals surface area contributed by atoms with Gasteiger partial charge in [-0.15, -0.1) is 0 Å². The van der Waals surface area contributed by atoms with Crippen LogP contribution in [0, 0.1) is 3.57 Å². The van der Waals surface area contributed by atoms with E-state index in [9.17, 15) is 5.11 Å². The molecule has 0 saturated carbocycles. The minimum Gasteiger partial charge on any atom is -0.507 e. The van der Waals surface area contributed by atoms with Crippen LogP contribution in [0.2, 0.25) is 0 Å². The number of phosphoric acid groups is 1. The molecule has 0 saturated heterocycles. The van der Waals surface area contributed by atoms with Crippen molar-refractivity contribution in [1.29, 1.82) is 0 Å². The first-order valence-corrected chi connectivity index (χ1v) is 8.01. The van der Waals surface area contributed by atoms with Crippen molar-refractivity contribution in [3.05, 3.63) is 26.8 Å². The van der Waals surface area contributed by atoms with Crippen LogP contribution in [-0.4, -0.2) is 19.8 Å². The Balaban J connectivity index is 0.000000555. The molecular formula is C11H19INO5P. The lowest BCUT2D eigenvalue weighted by Crippen LogP contribution is -2.12. The molecule has 0 heterocycles. The topological polar surface area (TPSA) is 124 Å². The third kappa shape index (κ3) is 7.86. The fourth-order valence-corrected chi connectivity index (χ4v) is 1.93. The van der Waals surface area contributed by atoms with Gasteiger partial charge in [0.25, 0.3) is 0 Å². The van der Waals surface area contributed by atoms with Gasteiger partial charge in [0, 0.05) is 12.1 Å². The molecule has 6 N–H and O–H groups in total. The van der Waals surface area contributed by atoms with Crippen molar-refractivity contribution < 1.29 is 24.4 Å². The summed E-state index contributed by atoms with van der Waals surface area (Å²) in [6, 6.07) is 3.99. The Hall–Kier alpha value is -0.180. The zero-order chi connectivity index (χ0) is 15.4. The van der Waals surface area contributed by atoms with Crippen LogP contribution in [0.4, 0.5) is 0 Å². The highest BCUT2D eigenvalue weighted by molar-refractivity contribution is 14.1. The Morgan fingerprint density at radius 3 is 2.00 bits per heavy atom. The predicted molar refractivity (Wildman–Crippen MR) is 81.7 cm³/mol. The maximum atomic E-state index is 9.70. The van der Waals surface area contributed by atoms with E-state index >= 15 is 0 Å². The Morgan fingerprint density at radius 2 is 1.68 bits per heavy atom. The van der Waals surface area contributed by atoms with E-state index in [4.69, 9.17) is 25.0 Å². The maximum absolute atomic E-state index is 9.70. The fraction of sp³-hybridized carbons (Fsp3) is 0.455. The molecule has 0 atom stereocenters. The number of phenolic OH excluding ortho intramolecular Hbond substituents is 1. The first-order chi connectivity index (χ1) is 8.36. The van der Waals surface area contributed by atoms with Crippen molar-refractivity contribution in [3.8, 4) is 5.75 Å². The van der Waals surface area contributed by atoms with Gasteiger partial charge in [-0.2, -0.15) is 0 Å². The quantitative estimate of drug-likeness (QED) is 0.360. The highest BCUT2D eigenvalue weighted by Crippen LogP contribution is 2.31. The third-order valence-electron chi connectivity index (χ3n) is 2.23. The van der Waals surface area contributed by atoms with Crippen molar-refractivity contribution in [2.45, 2.75) is 32.7 Å². The van der Waals surface area contributed by atoms with E-state index < -0.39 is 7.82 Å². The van der Waals surface area contributed by atoms with Crippen LogP contribution in [0.15, 0.2) is 12.1 Å². The van der Waals surface area contributed by atoms with Gasteiger partial charge in [0.1, 0.15) is 5.75 Å². The van der Waals surface area contributed by atoms with Gasteiger partial charge in [0.15, 0.2) is 0 Å². The van der Waals surface area contributed by atoms with Crippen LogP contribution in [-0.2, 0) is 16.5 Å². The largest absolute Gasteiger partial charge is 0.507 e. The van der Waals surface area contributed by atoms with Crippen molar-refractivity contribution >= 4 is 30.4 Å². The normalized spacial score (nSPS) is 11.8. The van der Waals surface area contributed by atoms with Gasteiger partial charge in [0.05, 0.1) is 3.57 Å². The molecule has 0 unspecified atom stereocenters. The second-order valence-electron chi connectivity index (χ2n) is 4.93. The van der Waals surface area contributed by atoms with Gasteiger partial charge in [-0.25, -0.2) is 4.57 Å². The third-order valence-corrected chi connectivity index (χ3v) is 3.05. The van der Waals surface area contributed by atoms with E-state index in [1.807, 2.05) is 12.1 Å². The van der Waals surface area contributed by atoms with Crippen molar-refractivity contribution in [2.24, 2.45) is 5.73 Å². The van der Waals surface area contributed by atoms with E-state index in [1.54, 1.807) is 0 Å². The number of aromatic hydroxyl groups is 1. The van der Waals surface area contributed by atoms with Gasteiger partial charge in [-0.1, -0.05) is 26.8 Å². The molecule has 0 aliphatic carbocycles. The molecule has 1 aromatic rings. The van der Waals surface area contributed by atoms with Gasteiger partial charge in [0.2, 0.25) is 0 Å². The maximum Gasteiger partial charge on any atom is 0.466 e. The summed E-state index contributed by atoms with van der Waals surface area (Å²) in [5, 5.41) is 9.70. The molecule has 8 heteroatoms. The van der Waals surface area contributed by atoms with Crippen LogP contribution in [0.5, 0.6) is 5.75 Å². The second-order valence-corrected chi connectivity index (χ2v) is 7.12.